The molecule has 6 aliphatic rings. The highest BCUT2D eigenvalue weighted by Crippen LogP contribution is 2.59. The Bertz CT molecular complexity index is 4040. The lowest BCUT2D eigenvalue weighted by atomic mass is 9.70. The van der Waals surface area contributed by atoms with Gasteiger partial charge in [0.05, 0.1) is 22.8 Å². The van der Waals surface area contributed by atoms with Crippen LogP contribution in [0.5, 0.6) is 0 Å². The predicted molar refractivity (Wildman–Crippen MR) is 361 cm³/mol. The van der Waals surface area contributed by atoms with E-state index in [0.29, 0.717) is 0 Å². The van der Waals surface area contributed by atoms with Gasteiger partial charge in [0.1, 0.15) is 0 Å². The van der Waals surface area contributed by atoms with Crippen LogP contribution < -0.4 is 0 Å². The fourth-order valence-corrected chi connectivity index (χ4v) is 17.2. The highest BCUT2D eigenvalue weighted by molar-refractivity contribution is 6.02. The van der Waals surface area contributed by atoms with Gasteiger partial charge in [-0.3, -0.25) is 0 Å². The average molecular weight is 1140 g/mol. The molecular formula is C84H70N4. The van der Waals surface area contributed by atoms with E-state index in [1.54, 1.807) is 0 Å². The minimum atomic E-state index is 0.143. The van der Waals surface area contributed by atoms with Crippen LogP contribution >= 0.6 is 0 Å². The molecule has 8 aromatic carbocycles. The molecule has 8 bridgehead atoms. The van der Waals surface area contributed by atoms with Gasteiger partial charge >= 0.3 is 0 Å². The topological polar surface area (TPSA) is 57.4 Å². The lowest BCUT2D eigenvalue weighted by Gasteiger charge is -2.32. The summed E-state index contributed by atoms with van der Waals surface area (Å²) < 4.78 is 0. The number of allylic oxidation sites excluding steroid dienone is 4. The van der Waals surface area contributed by atoms with Gasteiger partial charge in [-0.1, -0.05) is 243 Å². The fraction of sp³-hybridized carbons (Fsp3) is 0.190. The van der Waals surface area contributed by atoms with Gasteiger partial charge in [-0.05, 0) is 165 Å². The Morgan fingerprint density at radius 3 is 0.545 bits per heavy atom. The summed E-state index contributed by atoms with van der Waals surface area (Å²) in [6.45, 7) is 0. The van der Waals surface area contributed by atoms with Crippen molar-refractivity contribution in [2.75, 3.05) is 0 Å². The van der Waals surface area contributed by atoms with E-state index in [0.717, 1.165) is 96.2 Å². The summed E-state index contributed by atoms with van der Waals surface area (Å²) in [5.74, 6) is 1.19. The van der Waals surface area contributed by atoms with Crippen LogP contribution in [-0.4, -0.2) is 19.9 Å². The maximum Gasteiger partial charge on any atom is 0.0699 e. The smallest absolute Gasteiger partial charge is 0.0699 e. The minimum Gasteiger partial charge on any atom is -0.355 e. The van der Waals surface area contributed by atoms with E-state index < -0.39 is 0 Å². The molecule has 88 heavy (non-hydrogen) atoms. The predicted octanol–water partition coefficient (Wildman–Crippen LogP) is 21.0. The number of aromatic nitrogens is 4. The summed E-state index contributed by atoms with van der Waals surface area (Å²) in [7, 11) is 0. The fourth-order valence-electron chi connectivity index (χ4n) is 17.2. The number of fused-ring (bicyclic) bond motifs is 18. The Hall–Kier alpha value is -9.64. The molecule has 0 radical (unpaired) electrons. The molecule has 4 heteroatoms. The monoisotopic (exact) mass is 1130 g/mol. The second-order valence-electron chi connectivity index (χ2n) is 25.6. The highest BCUT2D eigenvalue weighted by atomic mass is 14.8. The molecule has 3 aromatic heterocycles. The largest absolute Gasteiger partial charge is 0.355 e. The van der Waals surface area contributed by atoms with Gasteiger partial charge in [0.15, 0.2) is 0 Å². The number of hydrogen-bond donors (Lipinski definition) is 2. The molecule has 426 valence electrons. The lowest BCUT2D eigenvalue weighted by Crippen LogP contribution is -2.16. The van der Waals surface area contributed by atoms with Crippen molar-refractivity contribution < 1.29 is 0 Å². The van der Waals surface area contributed by atoms with E-state index in [9.17, 15) is 0 Å². The van der Waals surface area contributed by atoms with Gasteiger partial charge in [0.25, 0.3) is 0 Å². The molecule has 11 aromatic rings. The van der Waals surface area contributed by atoms with Crippen LogP contribution in [0.1, 0.15) is 188 Å². The van der Waals surface area contributed by atoms with E-state index >= 15 is 0 Å². The van der Waals surface area contributed by atoms with Crippen LogP contribution in [0.2, 0.25) is 0 Å². The Kier molecular flexibility index (Phi) is 13.3. The summed E-state index contributed by atoms with van der Waals surface area (Å²) in [6, 6.07) is 101. The highest BCUT2D eigenvalue weighted by Gasteiger charge is 2.42. The maximum absolute atomic E-state index is 6.17. The van der Waals surface area contributed by atoms with Crippen molar-refractivity contribution in [1.29, 1.82) is 0 Å². The van der Waals surface area contributed by atoms with E-state index in [1.807, 2.05) is 0 Å². The molecule has 2 N–H and O–H groups in total. The van der Waals surface area contributed by atoms with Crippen molar-refractivity contribution in [1.82, 2.24) is 19.9 Å². The van der Waals surface area contributed by atoms with Gasteiger partial charge in [-0.25, -0.2) is 9.97 Å². The van der Waals surface area contributed by atoms with Crippen molar-refractivity contribution in [2.24, 2.45) is 0 Å². The van der Waals surface area contributed by atoms with Gasteiger partial charge in [0, 0.05) is 69.4 Å². The Morgan fingerprint density at radius 2 is 0.364 bits per heavy atom. The summed E-state index contributed by atoms with van der Waals surface area (Å²) in [5, 5.41) is 0. The van der Waals surface area contributed by atoms with Crippen LogP contribution in [0.15, 0.2) is 267 Å². The second kappa shape index (κ2) is 22.3. The molecule has 5 heterocycles. The zero-order valence-electron chi connectivity index (χ0n) is 49.6. The molecule has 8 unspecified atom stereocenters. The first-order valence-corrected chi connectivity index (χ1v) is 32.4. The summed E-state index contributed by atoms with van der Waals surface area (Å²) >= 11 is 0. The molecular weight excluding hydrogens is 1060 g/mol. The number of H-pyrrole nitrogens is 2. The number of hydrogen-bond acceptors (Lipinski definition) is 2. The van der Waals surface area contributed by atoms with Gasteiger partial charge in [0.2, 0.25) is 0 Å². The third-order valence-electron chi connectivity index (χ3n) is 20.9. The Balaban J connectivity index is 1.06. The first-order valence-electron chi connectivity index (χ1n) is 32.4. The molecule has 0 fully saturated rings. The van der Waals surface area contributed by atoms with Crippen molar-refractivity contribution in [3.63, 3.8) is 0 Å². The van der Waals surface area contributed by atoms with Gasteiger partial charge in [-0.2, -0.15) is 0 Å². The van der Waals surface area contributed by atoms with Gasteiger partial charge in [-0.15, -0.1) is 0 Å². The summed E-state index contributed by atoms with van der Waals surface area (Å²) in [5.41, 5.74) is 30.5. The van der Waals surface area contributed by atoms with Gasteiger partial charge < -0.3 is 9.97 Å². The van der Waals surface area contributed by atoms with Crippen LogP contribution in [0.25, 0.3) is 44.4 Å². The molecule has 0 spiro atoms. The maximum atomic E-state index is 6.17. The van der Waals surface area contributed by atoms with E-state index in [-0.39, 0.29) is 47.3 Å². The third-order valence-corrected chi connectivity index (χ3v) is 20.9. The van der Waals surface area contributed by atoms with Crippen LogP contribution in [-0.2, 0) is 0 Å². The minimum absolute atomic E-state index is 0.143. The van der Waals surface area contributed by atoms with Crippen LogP contribution in [0.4, 0.5) is 0 Å². The van der Waals surface area contributed by atoms with E-state index in [1.165, 1.54) is 89.1 Å². The van der Waals surface area contributed by atoms with E-state index in [2.05, 4.69) is 277 Å². The lowest BCUT2D eigenvalue weighted by molar-refractivity contribution is 0.574. The molecule has 0 saturated heterocycles. The number of rotatable bonds is 8. The van der Waals surface area contributed by atoms with Crippen molar-refractivity contribution in [3.8, 4) is 0 Å². The molecule has 8 atom stereocenters. The standard InChI is InChI=1S/C84H70N4/c1-9-25-53(26-10-1)61-41-42-62(54-27-11-2-12-28-54)78-70-50-72-80-64(56-31-15-4-16-32-56)45-46-66(58-35-19-6-20-36-58)82(80)74(87-72)52-76-84-68(60-39-23-8-24-40-60)48-47-67(59-37-21-7-22-38-59)83(84)75(88-76)51-73-81-65(57-33-17-5-18-34-57)44-43-63(55-29-13-3-14-30-55)79(81)71(86-73)49-69(85-70)77(61)78/h1-40,49-52,61-68,85,88H,41-48H2. The molecule has 4 nitrogen and oxygen atoms in total. The second-order valence-corrected chi connectivity index (χ2v) is 25.6. The van der Waals surface area contributed by atoms with Crippen LogP contribution in [0, 0.1) is 0 Å². The van der Waals surface area contributed by atoms with Crippen LogP contribution in [0.3, 0.4) is 0 Å². The first-order chi connectivity index (χ1) is 43.7. The molecule has 4 aliphatic carbocycles. The van der Waals surface area contributed by atoms with Crippen molar-refractivity contribution in [2.45, 2.75) is 98.7 Å². The molecule has 2 aliphatic heterocycles. The normalized spacial score (nSPS) is 22.1. The first kappa shape index (κ1) is 52.7. The SMILES string of the molecule is c1ccc(C2CCC(c3ccccc3)C3=C2c2cc4[nH]c(cc5nc(cc6[nH]c(cc3n2)c2c6C(c3ccccc3)CCC2c2ccccc2)C2=C5C(c3ccccc3)CCC2c2ccccc2)c2c4C(c3ccccc3)CCC2c2ccccc2)cc1. The van der Waals surface area contributed by atoms with E-state index in [4.69, 9.17) is 9.97 Å². The zero-order valence-corrected chi connectivity index (χ0v) is 49.6. The third kappa shape index (κ3) is 9.09. The van der Waals surface area contributed by atoms with Crippen molar-refractivity contribution >= 4 is 44.4 Å². The average Bonchev–Trinajstić information content (AvgIpc) is 1.73. The Morgan fingerprint density at radius 1 is 0.205 bits per heavy atom. The molecule has 0 amide bonds. The zero-order chi connectivity index (χ0) is 58.1. The number of nitrogens with zero attached hydrogens (tertiary/aromatic N) is 2. The quantitative estimate of drug-likeness (QED) is 0.159. The summed E-state index contributed by atoms with van der Waals surface area (Å²) in [6.07, 6.45) is 8.15. The number of nitrogens with one attached hydrogen (secondary N) is 2. The summed E-state index contributed by atoms with van der Waals surface area (Å²) in [4.78, 5) is 21.0. The molecule has 17 rings (SSSR count). The number of benzene rings is 8. The molecule has 0 saturated carbocycles. The van der Waals surface area contributed by atoms with Crippen molar-refractivity contribution in [3.05, 3.63) is 356 Å². The Labute approximate surface area is 516 Å². The number of aromatic amines is 2.